The van der Waals surface area contributed by atoms with Crippen LogP contribution in [0.25, 0.3) is 0 Å². The summed E-state index contributed by atoms with van der Waals surface area (Å²) in [6.07, 6.45) is 2.36. The van der Waals surface area contributed by atoms with E-state index in [4.69, 9.17) is 4.74 Å². The Balaban J connectivity index is 2.03. The van der Waals surface area contributed by atoms with E-state index in [1.54, 1.807) is 6.07 Å². The van der Waals surface area contributed by atoms with Gasteiger partial charge in [0.15, 0.2) is 0 Å². The van der Waals surface area contributed by atoms with E-state index in [-0.39, 0.29) is 0 Å². The number of ether oxygens (including phenoxy) is 1. The second kappa shape index (κ2) is 5.71. The molecule has 3 rings (SSSR count). The quantitative estimate of drug-likeness (QED) is 0.912. The summed E-state index contributed by atoms with van der Waals surface area (Å²) in [5, 5.41) is 9.49. The molecular formula is C15H20N2O3. The molecule has 20 heavy (non-hydrogen) atoms. The van der Waals surface area contributed by atoms with Gasteiger partial charge < -0.3 is 19.6 Å². The molecule has 0 atom stereocenters. The SMILES string of the molecule is O=C(O)c1cccc(N2CCCC2)c1N1CCOCC1. The highest BCUT2D eigenvalue weighted by Gasteiger charge is 2.25. The first-order valence-electron chi connectivity index (χ1n) is 7.21. The molecule has 0 unspecified atom stereocenters. The summed E-state index contributed by atoms with van der Waals surface area (Å²) in [5.41, 5.74) is 2.32. The lowest BCUT2D eigenvalue weighted by Crippen LogP contribution is -2.38. The number of aromatic carboxylic acids is 1. The van der Waals surface area contributed by atoms with E-state index >= 15 is 0 Å². The number of hydrogen-bond acceptors (Lipinski definition) is 4. The van der Waals surface area contributed by atoms with Gasteiger partial charge >= 0.3 is 5.97 Å². The van der Waals surface area contributed by atoms with E-state index in [9.17, 15) is 9.90 Å². The minimum absolute atomic E-state index is 0.399. The summed E-state index contributed by atoms with van der Waals surface area (Å²) >= 11 is 0. The number of carboxylic acids is 1. The Labute approximate surface area is 118 Å². The summed E-state index contributed by atoms with van der Waals surface area (Å²) in [6, 6.07) is 5.59. The van der Waals surface area contributed by atoms with Crippen LogP contribution in [0.3, 0.4) is 0 Å². The normalized spacial score (nSPS) is 19.4. The maximum absolute atomic E-state index is 11.6. The van der Waals surface area contributed by atoms with E-state index < -0.39 is 5.97 Å². The van der Waals surface area contributed by atoms with Crippen molar-refractivity contribution in [3.63, 3.8) is 0 Å². The van der Waals surface area contributed by atoms with Crippen molar-refractivity contribution < 1.29 is 14.6 Å². The van der Waals surface area contributed by atoms with Crippen LogP contribution in [0.15, 0.2) is 18.2 Å². The average molecular weight is 276 g/mol. The van der Waals surface area contributed by atoms with E-state index in [1.807, 2.05) is 12.1 Å². The van der Waals surface area contributed by atoms with Gasteiger partial charge in [0, 0.05) is 26.2 Å². The zero-order chi connectivity index (χ0) is 13.9. The molecule has 1 N–H and O–H groups in total. The molecule has 1 aromatic carbocycles. The largest absolute Gasteiger partial charge is 0.478 e. The maximum Gasteiger partial charge on any atom is 0.337 e. The predicted octanol–water partition coefficient (Wildman–Crippen LogP) is 1.82. The Hall–Kier alpha value is -1.75. The molecule has 5 heteroatoms. The molecule has 2 aliphatic rings. The smallest absolute Gasteiger partial charge is 0.337 e. The Morgan fingerprint density at radius 2 is 1.75 bits per heavy atom. The molecule has 0 radical (unpaired) electrons. The molecule has 2 saturated heterocycles. The van der Waals surface area contributed by atoms with Crippen LogP contribution in [0.5, 0.6) is 0 Å². The predicted molar refractivity (Wildman–Crippen MR) is 77.9 cm³/mol. The van der Waals surface area contributed by atoms with Crippen LogP contribution in [0.2, 0.25) is 0 Å². The number of carbonyl (C=O) groups is 1. The highest BCUT2D eigenvalue weighted by atomic mass is 16.5. The molecule has 2 aliphatic heterocycles. The van der Waals surface area contributed by atoms with E-state index in [1.165, 1.54) is 12.8 Å². The van der Waals surface area contributed by atoms with Crippen molar-refractivity contribution in [3.8, 4) is 0 Å². The van der Waals surface area contributed by atoms with Crippen molar-refractivity contribution in [2.75, 3.05) is 49.2 Å². The minimum Gasteiger partial charge on any atom is -0.478 e. The van der Waals surface area contributed by atoms with Crippen molar-refractivity contribution in [3.05, 3.63) is 23.8 Å². The summed E-state index contributed by atoms with van der Waals surface area (Å²) < 4.78 is 5.38. The fourth-order valence-corrected chi connectivity index (χ4v) is 3.04. The number of nitrogens with zero attached hydrogens (tertiary/aromatic N) is 2. The number of anilines is 2. The second-order valence-electron chi connectivity index (χ2n) is 5.27. The van der Waals surface area contributed by atoms with Crippen LogP contribution < -0.4 is 9.80 Å². The lowest BCUT2D eigenvalue weighted by Gasteiger charge is -2.34. The van der Waals surface area contributed by atoms with E-state index in [2.05, 4.69) is 9.80 Å². The van der Waals surface area contributed by atoms with Crippen LogP contribution >= 0.6 is 0 Å². The molecule has 0 spiro atoms. The lowest BCUT2D eigenvalue weighted by atomic mass is 10.1. The number of benzene rings is 1. The number of para-hydroxylation sites is 1. The summed E-state index contributed by atoms with van der Waals surface area (Å²) in [7, 11) is 0. The monoisotopic (exact) mass is 276 g/mol. The van der Waals surface area contributed by atoms with Crippen molar-refractivity contribution in [1.29, 1.82) is 0 Å². The summed E-state index contributed by atoms with van der Waals surface area (Å²) in [4.78, 5) is 16.0. The number of morpholine rings is 1. The Kier molecular flexibility index (Phi) is 3.78. The molecule has 2 fully saturated rings. The highest BCUT2D eigenvalue weighted by Crippen LogP contribution is 2.35. The third kappa shape index (κ3) is 2.45. The molecule has 0 saturated carbocycles. The third-order valence-corrected chi connectivity index (χ3v) is 4.02. The fourth-order valence-electron chi connectivity index (χ4n) is 3.04. The average Bonchev–Trinajstić information content (AvgIpc) is 3.01. The standard InChI is InChI=1S/C15H20N2O3/c18-15(19)12-4-3-5-13(16-6-1-2-7-16)14(12)17-8-10-20-11-9-17/h3-5H,1-2,6-11H2,(H,18,19). The molecule has 0 aromatic heterocycles. The first kappa shape index (κ1) is 13.2. The van der Waals surface area contributed by atoms with Crippen LogP contribution in [0, 0.1) is 0 Å². The Morgan fingerprint density at radius 1 is 1.05 bits per heavy atom. The molecule has 5 nitrogen and oxygen atoms in total. The van der Waals surface area contributed by atoms with Crippen LogP contribution in [-0.4, -0.2) is 50.5 Å². The molecule has 0 bridgehead atoms. The maximum atomic E-state index is 11.6. The number of hydrogen-bond donors (Lipinski definition) is 1. The van der Waals surface area contributed by atoms with Gasteiger partial charge in [-0.3, -0.25) is 0 Å². The van der Waals surface area contributed by atoms with Gasteiger partial charge in [0.1, 0.15) is 0 Å². The zero-order valence-electron chi connectivity index (χ0n) is 11.5. The van der Waals surface area contributed by atoms with Crippen molar-refractivity contribution >= 4 is 17.3 Å². The van der Waals surface area contributed by atoms with Gasteiger partial charge in [-0.2, -0.15) is 0 Å². The van der Waals surface area contributed by atoms with Gasteiger partial charge in [-0.05, 0) is 25.0 Å². The van der Waals surface area contributed by atoms with Gasteiger partial charge in [0.2, 0.25) is 0 Å². The molecule has 0 amide bonds. The van der Waals surface area contributed by atoms with Crippen molar-refractivity contribution in [1.82, 2.24) is 0 Å². The highest BCUT2D eigenvalue weighted by molar-refractivity contribution is 5.98. The molecule has 108 valence electrons. The Morgan fingerprint density at radius 3 is 2.40 bits per heavy atom. The zero-order valence-corrected chi connectivity index (χ0v) is 11.5. The van der Waals surface area contributed by atoms with Gasteiger partial charge in [-0.25, -0.2) is 4.79 Å². The molecular weight excluding hydrogens is 256 g/mol. The van der Waals surface area contributed by atoms with Gasteiger partial charge in [0.25, 0.3) is 0 Å². The molecule has 0 aliphatic carbocycles. The minimum atomic E-state index is -0.854. The van der Waals surface area contributed by atoms with Gasteiger partial charge in [-0.1, -0.05) is 6.07 Å². The van der Waals surface area contributed by atoms with Gasteiger partial charge in [-0.15, -0.1) is 0 Å². The van der Waals surface area contributed by atoms with Crippen molar-refractivity contribution in [2.45, 2.75) is 12.8 Å². The van der Waals surface area contributed by atoms with Crippen molar-refractivity contribution in [2.24, 2.45) is 0 Å². The Bertz CT molecular complexity index is 492. The van der Waals surface area contributed by atoms with Crippen LogP contribution in [0.4, 0.5) is 11.4 Å². The van der Waals surface area contributed by atoms with E-state index in [0.717, 1.165) is 37.6 Å². The topological polar surface area (TPSA) is 53.0 Å². The molecule has 2 heterocycles. The summed E-state index contributed by atoms with van der Waals surface area (Å²) in [5.74, 6) is -0.854. The second-order valence-corrected chi connectivity index (χ2v) is 5.27. The molecule has 1 aromatic rings. The number of rotatable bonds is 3. The first-order valence-corrected chi connectivity index (χ1v) is 7.21. The third-order valence-electron chi connectivity index (χ3n) is 4.02. The van der Waals surface area contributed by atoms with Crippen LogP contribution in [-0.2, 0) is 4.74 Å². The first-order chi connectivity index (χ1) is 9.77. The number of carboxylic acid groups (broad SMARTS) is 1. The van der Waals surface area contributed by atoms with E-state index in [0.29, 0.717) is 18.8 Å². The van der Waals surface area contributed by atoms with Gasteiger partial charge in [0.05, 0.1) is 30.2 Å². The summed E-state index contributed by atoms with van der Waals surface area (Å²) in [6.45, 7) is 4.86. The van der Waals surface area contributed by atoms with Crippen LogP contribution in [0.1, 0.15) is 23.2 Å². The fraction of sp³-hybridized carbons (Fsp3) is 0.533. The lowest BCUT2D eigenvalue weighted by molar-refractivity contribution is 0.0696.